The van der Waals surface area contributed by atoms with Crippen molar-refractivity contribution in [2.24, 2.45) is 0 Å². The summed E-state index contributed by atoms with van der Waals surface area (Å²) in [7, 11) is 3.73. The molecule has 5 rings (SSSR count). The number of carbonyl (C=O) groups excluding carboxylic acids is 1. The number of carbonyl (C=O) groups is 1. The van der Waals surface area contributed by atoms with Crippen molar-refractivity contribution in [3.05, 3.63) is 74.2 Å². The predicted octanol–water partition coefficient (Wildman–Crippen LogP) is 3.06. The number of anilines is 3. The number of fused-ring (bicyclic) bond motifs is 2. The Morgan fingerprint density at radius 3 is 2.63 bits per heavy atom. The smallest absolute Gasteiger partial charge is 0.324 e. The maximum Gasteiger partial charge on any atom is 0.333 e. The molecule has 0 saturated heterocycles. The molecule has 35 heavy (non-hydrogen) atoms. The standard InChI is InChI=1S/C23H20Cl2N8O2/c1-32(2)17-9-11-8-12(6-7-16(11)29-21(17)34)28-22-27-10-13-19(26)33(23(35)31-20(13)30-22)18-14(24)4-3-5-15(18)25/h3-8,10,17,26H,9H2,1-2H3,(H,29,34)(H2,27,28,30,31,35). The largest absolute Gasteiger partial charge is 0.333 e. The summed E-state index contributed by atoms with van der Waals surface area (Å²) < 4.78 is 1.09. The number of nitrogens with one attached hydrogen (secondary N) is 4. The molecule has 178 valence electrons. The number of benzene rings is 2. The molecule has 1 amide bonds. The zero-order valence-electron chi connectivity index (χ0n) is 18.7. The van der Waals surface area contributed by atoms with E-state index in [1.807, 2.05) is 31.1 Å². The van der Waals surface area contributed by atoms with Crippen LogP contribution in [0.3, 0.4) is 0 Å². The first-order valence-electron chi connectivity index (χ1n) is 10.6. The van der Waals surface area contributed by atoms with Crippen LogP contribution in [0.2, 0.25) is 10.0 Å². The normalized spacial score (nSPS) is 15.2. The summed E-state index contributed by atoms with van der Waals surface area (Å²) in [5, 5.41) is 15.4. The molecule has 0 fully saturated rings. The zero-order chi connectivity index (χ0) is 24.9. The highest BCUT2D eigenvalue weighted by Gasteiger charge is 2.27. The van der Waals surface area contributed by atoms with Gasteiger partial charge in [-0.2, -0.15) is 4.98 Å². The molecule has 0 bridgehead atoms. The number of aromatic nitrogens is 4. The highest BCUT2D eigenvalue weighted by Crippen LogP contribution is 2.29. The number of para-hydroxylation sites is 1. The number of hydrogen-bond acceptors (Lipinski definition) is 7. The number of hydrogen-bond donors (Lipinski definition) is 4. The van der Waals surface area contributed by atoms with E-state index in [1.54, 1.807) is 24.3 Å². The van der Waals surface area contributed by atoms with E-state index in [0.717, 1.165) is 21.5 Å². The fourth-order valence-electron chi connectivity index (χ4n) is 4.03. The minimum absolute atomic E-state index is 0.0356. The van der Waals surface area contributed by atoms with Crippen molar-refractivity contribution in [2.75, 3.05) is 24.7 Å². The van der Waals surface area contributed by atoms with Gasteiger partial charge < -0.3 is 10.6 Å². The molecule has 0 spiro atoms. The number of likely N-dealkylation sites (N-methyl/N-ethyl adjacent to an activating group) is 1. The van der Waals surface area contributed by atoms with Crippen molar-refractivity contribution in [2.45, 2.75) is 12.5 Å². The molecule has 3 heterocycles. The van der Waals surface area contributed by atoms with Crippen LogP contribution in [0.1, 0.15) is 5.56 Å². The predicted molar refractivity (Wildman–Crippen MR) is 135 cm³/mol. The first-order valence-corrected chi connectivity index (χ1v) is 11.4. The van der Waals surface area contributed by atoms with Crippen LogP contribution in [-0.2, 0) is 11.2 Å². The SMILES string of the molecule is CN(C)C1Cc2cc(Nc3ncc4c(=N)n(-c5c(Cl)cccc5Cl)c(=O)[nH]c4n3)ccc2NC1=O. The Bertz CT molecular complexity index is 1590. The third-order valence-electron chi connectivity index (χ3n) is 5.82. The molecular weight excluding hydrogens is 491 g/mol. The fraction of sp³-hybridized carbons (Fsp3) is 0.174. The maximum atomic E-state index is 12.9. The van der Waals surface area contributed by atoms with Crippen molar-refractivity contribution in [3.63, 3.8) is 0 Å². The number of amides is 1. The van der Waals surface area contributed by atoms with Crippen LogP contribution >= 0.6 is 23.2 Å². The van der Waals surface area contributed by atoms with Gasteiger partial charge in [0, 0.05) is 17.6 Å². The van der Waals surface area contributed by atoms with Crippen LogP contribution in [0.15, 0.2) is 47.4 Å². The van der Waals surface area contributed by atoms with E-state index in [1.165, 1.54) is 6.20 Å². The van der Waals surface area contributed by atoms with Crippen LogP contribution in [0, 0.1) is 5.41 Å². The molecule has 0 aliphatic carbocycles. The van der Waals surface area contributed by atoms with Crippen LogP contribution in [0.4, 0.5) is 17.3 Å². The van der Waals surface area contributed by atoms with Gasteiger partial charge in [0.05, 0.1) is 27.2 Å². The van der Waals surface area contributed by atoms with Gasteiger partial charge in [-0.3, -0.25) is 20.1 Å². The summed E-state index contributed by atoms with van der Waals surface area (Å²) in [4.78, 5) is 38.4. The van der Waals surface area contributed by atoms with Gasteiger partial charge in [-0.1, -0.05) is 29.3 Å². The molecule has 1 aliphatic heterocycles. The van der Waals surface area contributed by atoms with Crippen molar-refractivity contribution < 1.29 is 4.79 Å². The summed E-state index contributed by atoms with van der Waals surface area (Å²) >= 11 is 12.5. The van der Waals surface area contributed by atoms with Crippen molar-refractivity contribution >= 4 is 57.5 Å². The van der Waals surface area contributed by atoms with E-state index in [0.29, 0.717) is 11.8 Å². The lowest BCUT2D eigenvalue weighted by molar-refractivity contribution is -0.120. The van der Waals surface area contributed by atoms with Gasteiger partial charge >= 0.3 is 5.69 Å². The molecule has 12 heteroatoms. The fourth-order valence-corrected chi connectivity index (χ4v) is 4.60. The molecule has 4 aromatic rings. The van der Waals surface area contributed by atoms with E-state index in [2.05, 4.69) is 25.6 Å². The van der Waals surface area contributed by atoms with E-state index in [-0.39, 0.29) is 44.8 Å². The molecule has 10 nitrogen and oxygen atoms in total. The summed E-state index contributed by atoms with van der Waals surface area (Å²) in [5.41, 5.74) is 2.11. The Morgan fingerprint density at radius 1 is 1.17 bits per heavy atom. The molecule has 0 saturated carbocycles. The number of H-pyrrole nitrogens is 1. The Hall–Kier alpha value is -3.73. The lowest BCUT2D eigenvalue weighted by Gasteiger charge is -2.29. The third-order valence-corrected chi connectivity index (χ3v) is 6.43. The van der Waals surface area contributed by atoms with Crippen molar-refractivity contribution in [1.82, 2.24) is 24.4 Å². The number of nitrogens with zero attached hydrogens (tertiary/aromatic N) is 4. The van der Waals surface area contributed by atoms with E-state index < -0.39 is 5.69 Å². The molecule has 1 aliphatic rings. The van der Waals surface area contributed by atoms with Crippen LogP contribution in [0.5, 0.6) is 0 Å². The lowest BCUT2D eigenvalue weighted by Crippen LogP contribution is -2.44. The molecule has 4 N–H and O–H groups in total. The first-order chi connectivity index (χ1) is 16.7. The number of aromatic amines is 1. The average Bonchev–Trinajstić information content (AvgIpc) is 2.80. The maximum absolute atomic E-state index is 12.9. The molecule has 0 radical (unpaired) electrons. The molecular formula is C23H20Cl2N8O2. The molecule has 1 atom stereocenters. The van der Waals surface area contributed by atoms with Gasteiger partial charge in [0.1, 0.15) is 5.49 Å². The first kappa shape index (κ1) is 23.0. The summed E-state index contributed by atoms with van der Waals surface area (Å²) in [6.45, 7) is 0. The second-order valence-electron chi connectivity index (χ2n) is 8.31. The van der Waals surface area contributed by atoms with Crippen LogP contribution in [0.25, 0.3) is 16.7 Å². The topological polar surface area (TPSA) is 132 Å². The Morgan fingerprint density at radius 2 is 1.91 bits per heavy atom. The summed E-state index contributed by atoms with van der Waals surface area (Å²) in [5.74, 6) is 0.205. The monoisotopic (exact) mass is 510 g/mol. The number of rotatable bonds is 4. The Kier molecular flexibility index (Phi) is 5.79. The minimum Gasteiger partial charge on any atom is -0.324 e. The van der Waals surface area contributed by atoms with E-state index in [9.17, 15) is 9.59 Å². The van der Waals surface area contributed by atoms with Gasteiger partial charge in [-0.25, -0.2) is 14.3 Å². The van der Waals surface area contributed by atoms with Crippen molar-refractivity contribution in [1.29, 1.82) is 5.41 Å². The summed E-state index contributed by atoms with van der Waals surface area (Å²) in [6.07, 6.45) is 2.02. The van der Waals surface area contributed by atoms with Crippen LogP contribution in [-0.4, -0.2) is 50.5 Å². The second-order valence-corrected chi connectivity index (χ2v) is 9.12. The minimum atomic E-state index is -0.610. The second kappa shape index (κ2) is 8.81. The molecule has 1 unspecified atom stereocenters. The zero-order valence-corrected chi connectivity index (χ0v) is 20.2. The van der Waals surface area contributed by atoms with Gasteiger partial charge in [0.2, 0.25) is 11.9 Å². The highest BCUT2D eigenvalue weighted by molar-refractivity contribution is 6.37. The molecule has 2 aromatic carbocycles. The van der Waals surface area contributed by atoms with Gasteiger partial charge in [-0.05, 0) is 56.4 Å². The van der Waals surface area contributed by atoms with E-state index >= 15 is 0 Å². The third kappa shape index (κ3) is 4.16. The summed E-state index contributed by atoms with van der Waals surface area (Å²) in [6, 6.07) is 10.1. The van der Waals surface area contributed by atoms with E-state index in [4.69, 9.17) is 28.6 Å². The van der Waals surface area contributed by atoms with Gasteiger partial charge in [0.15, 0.2) is 5.65 Å². The average molecular weight is 511 g/mol. The van der Waals surface area contributed by atoms with Crippen molar-refractivity contribution in [3.8, 4) is 5.69 Å². The number of halogens is 2. The quantitative estimate of drug-likeness (QED) is 0.333. The lowest BCUT2D eigenvalue weighted by atomic mass is 9.98. The Labute approximate surface area is 209 Å². The van der Waals surface area contributed by atoms with Crippen LogP contribution < -0.4 is 21.8 Å². The van der Waals surface area contributed by atoms with Gasteiger partial charge in [-0.15, -0.1) is 0 Å². The molecule has 2 aromatic heterocycles. The van der Waals surface area contributed by atoms with Gasteiger partial charge in [0.25, 0.3) is 0 Å². The Balaban J connectivity index is 1.50. The highest BCUT2D eigenvalue weighted by atomic mass is 35.5.